The Hall–Kier alpha value is -1.60. The number of nitrogens with zero attached hydrogens (tertiary/aromatic N) is 4. The van der Waals surface area contributed by atoms with Gasteiger partial charge in [0.05, 0.1) is 0 Å². The Morgan fingerprint density at radius 2 is 2.14 bits per heavy atom. The van der Waals surface area contributed by atoms with Crippen LogP contribution in [0.5, 0.6) is 0 Å². The number of imidazole rings is 1. The summed E-state index contributed by atoms with van der Waals surface area (Å²) in [7, 11) is 4.02. The van der Waals surface area contributed by atoms with Gasteiger partial charge in [0.25, 0.3) is 0 Å². The van der Waals surface area contributed by atoms with Crippen molar-refractivity contribution in [3.63, 3.8) is 0 Å². The lowest BCUT2D eigenvalue weighted by atomic mass is 10.2. The number of anilines is 1. The number of carboxylic acids is 1. The first-order valence-electron chi connectivity index (χ1n) is 6.98. The summed E-state index contributed by atoms with van der Waals surface area (Å²) in [5.74, 6) is 0.0768. The first kappa shape index (κ1) is 15.8. The van der Waals surface area contributed by atoms with Crippen LogP contribution in [-0.2, 0) is 0 Å². The van der Waals surface area contributed by atoms with Gasteiger partial charge in [0.2, 0.25) is 0 Å². The number of hydrogen-bond acceptors (Lipinski definition) is 5. The molecule has 116 valence electrons. The smallest absolute Gasteiger partial charge is 0.356 e. The van der Waals surface area contributed by atoms with E-state index in [1.807, 2.05) is 19.5 Å². The highest BCUT2D eigenvalue weighted by atomic mass is 32.1. The van der Waals surface area contributed by atoms with E-state index < -0.39 is 5.97 Å². The van der Waals surface area contributed by atoms with Crippen molar-refractivity contribution in [2.45, 2.75) is 13.8 Å². The van der Waals surface area contributed by atoms with Crippen molar-refractivity contribution < 1.29 is 9.90 Å². The van der Waals surface area contributed by atoms with Crippen LogP contribution < -0.4 is 4.90 Å². The van der Waals surface area contributed by atoms with Crippen LogP contribution in [0.1, 0.15) is 24.3 Å². The number of thiazole rings is 1. The van der Waals surface area contributed by atoms with Gasteiger partial charge in [0, 0.05) is 31.2 Å². The number of aromatic carboxylic acids is 1. The number of rotatable bonds is 7. The number of carbonyl (C=O) groups is 1. The monoisotopic (exact) mass is 310 g/mol. The second kappa shape index (κ2) is 6.44. The second-order valence-corrected chi connectivity index (χ2v) is 6.66. The van der Waals surface area contributed by atoms with E-state index in [0.717, 1.165) is 24.6 Å². The molecule has 0 amide bonds. The van der Waals surface area contributed by atoms with Crippen LogP contribution in [0, 0.1) is 5.92 Å². The molecule has 0 bridgehead atoms. The van der Waals surface area contributed by atoms with Crippen LogP contribution in [0.2, 0.25) is 0 Å². The number of carboxylic acid groups (broad SMARTS) is 1. The molecule has 1 N–H and O–H groups in total. The first-order valence-corrected chi connectivity index (χ1v) is 7.86. The van der Waals surface area contributed by atoms with Crippen molar-refractivity contribution in [2.75, 3.05) is 38.6 Å². The summed E-state index contributed by atoms with van der Waals surface area (Å²) in [4.78, 5) is 21.1. The van der Waals surface area contributed by atoms with Gasteiger partial charge in [-0.2, -0.15) is 0 Å². The molecule has 0 atom stereocenters. The Morgan fingerprint density at radius 3 is 2.71 bits per heavy atom. The van der Waals surface area contributed by atoms with Crippen LogP contribution in [0.25, 0.3) is 4.96 Å². The molecule has 0 aromatic carbocycles. The average Bonchev–Trinajstić information content (AvgIpc) is 2.92. The summed E-state index contributed by atoms with van der Waals surface area (Å²) >= 11 is 1.45. The van der Waals surface area contributed by atoms with Gasteiger partial charge < -0.3 is 14.9 Å². The third kappa shape index (κ3) is 3.54. The van der Waals surface area contributed by atoms with Gasteiger partial charge in [0.15, 0.2) is 16.5 Å². The van der Waals surface area contributed by atoms with Crippen molar-refractivity contribution in [3.05, 3.63) is 17.3 Å². The summed E-state index contributed by atoms with van der Waals surface area (Å²) in [6.07, 6.45) is 1.76. The van der Waals surface area contributed by atoms with E-state index in [4.69, 9.17) is 0 Å². The minimum Gasteiger partial charge on any atom is -0.476 e. The van der Waals surface area contributed by atoms with E-state index in [1.54, 1.807) is 10.6 Å². The van der Waals surface area contributed by atoms with Crippen LogP contribution in [0.4, 0.5) is 5.82 Å². The third-order valence-electron chi connectivity index (χ3n) is 3.15. The molecule has 0 aliphatic carbocycles. The summed E-state index contributed by atoms with van der Waals surface area (Å²) < 4.78 is 1.66. The molecule has 0 spiro atoms. The molecule has 0 unspecified atom stereocenters. The van der Waals surface area contributed by atoms with Crippen molar-refractivity contribution >= 4 is 28.1 Å². The SMILES string of the molecule is CC(C)CN(CCN(C)C)c1nc2sccn2c1C(=O)O. The molecule has 0 aliphatic heterocycles. The molecule has 0 radical (unpaired) electrons. The van der Waals surface area contributed by atoms with Gasteiger partial charge in [-0.05, 0) is 20.0 Å². The lowest BCUT2D eigenvalue weighted by Gasteiger charge is -2.26. The van der Waals surface area contributed by atoms with Crippen LogP contribution in [-0.4, -0.2) is 59.1 Å². The van der Waals surface area contributed by atoms with Gasteiger partial charge in [-0.15, -0.1) is 11.3 Å². The molecule has 0 saturated heterocycles. The van der Waals surface area contributed by atoms with Crippen molar-refractivity contribution in [1.82, 2.24) is 14.3 Å². The first-order chi connectivity index (χ1) is 9.90. The number of fused-ring (bicyclic) bond motifs is 1. The Balaban J connectivity index is 2.40. The number of aromatic nitrogens is 2. The molecule has 0 saturated carbocycles. The van der Waals surface area contributed by atoms with E-state index in [9.17, 15) is 9.90 Å². The quantitative estimate of drug-likeness (QED) is 0.849. The zero-order chi connectivity index (χ0) is 15.6. The normalized spacial score (nSPS) is 11.7. The average molecular weight is 310 g/mol. The molecule has 0 aliphatic rings. The predicted octanol–water partition coefficient (Wildman–Crippen LogP) is 2.12. The van der Waals surface area contributed by atoms with Crippen LogP contribution >= 0.6 is 11.3 Å². The maximum absolute atomic E-state index is 11.6. The molecule has 2 aromatic rings. The molecule has 2 heterocycles. The Labute approximate surface area is 128 Å². The minimum atomic E-state index is -0.936. The minimum absolute atomic E-state index is 0.255. The fourth-order valence-electron chi connectivity index (χ4n) is 2.24. The highest BCUT2D eigenvalue weighted by Gasteiger charge is 2.24. The molecule has 0 fully saturated rings. The lowest BCUT2D eigenvalue weighted by Crippen LogP contribution is -2.35. The van der Waals surface area contributed by atoms with Gasteiger partial charge in [-0.25, -0.2) is 9.78 Å². The van der Waals surface area contributed by atoms with E-state index in [-0.39, 0.29) is 5.69 Å². The standard InChI is InChI=1S/C14H22N4O2S/c1-10(2)9-17(6-5-16(3)4)12-11(13(19)20)18-7-8-21-14(18)15-12/h7-8,10H,5-6,9H2,1-4H3,(H,19,20). The molecule has 7 heteroatoms. The van der Waals surface area contributed by atoms with Crippen LogP contribution in [0.3, 0.4) is 0 Å². The Bertz CT molecular complexity index is 618. The van der Waals surface area contributed by atoms with Gasteiger partial charge in [0.1, 0.15) is 0 Å². The Kier molecular flexibility index (Phi) is 4.84. The highest BCUT2D eigenvalue weighted by molar-refractivity contribution is 7.15. The lowest BCUT2D eigenvalue weighted by molar-refractivity contribution is 0.0690. The second-order valence-electron chi connectivity index (χ2n) is 5.79. The molecular formula is C14H22N4O2S. The van der Waals surface area contributed by atoms with Gasteiger partial charge in [-0.3, -0.25) is 4.40 Å². The molecule has 2 rings (SSSR count). The number of hydrogen-bond donors (Lipinski definition) is 1. The predicted molar refractivity (Wildman–Crippen MR) is 85.6 cm³/mol. The van der Waals surface area contributed by atoms with Crippen molar-refractivity contribution in [2.24, 2.45) is 5.92 Å². The third-order valence-corrected chi connectivity index (χ3v) is 3.91. The van der Waals surface area contributed by atoms with Crippen molar-refractivity contribution in [1.29, 1.82) is 0 Å². The number of likely N-dealkylation sites (N-methyl/N-ethyl adjacent to an activating group) is 1. The summed E-state index contributed by atoms with van der Waals surface area (Å²) in [5, 5.41) is 11.4. The molecule has 2 aromatic heterocycles. The zero-order valence-corrected chi connectivity index (χ0v) is 13.7. The van der Waals surface area contributed by atoms with E-state index in [0.29, 0.717) is 11.7 Å². The largest absolute Gasteiger partial charge is 0.476 e. The fraction of sp³-hybridized carbons (Fsp3) is 0.571. The van der Waals surface area contributed by atoms with E-state index in [1.165, 1.54) is 11.3 Å². The van der Waals surface area contributed by atoms with Gasteiger partial charge in [-0.1, -0.05) is 13.8 Å². The molecule has 21 heavy (non-hydrogen) atoms. The summed E-state index contributed by atoms with van der Waals surface area (Å²) in [6, 6.07) is 0. The maximum atomic E-state index is 11.6. The van der Waals surface area contributed by atoms with Crippen molar-refractivity contribution in [3.8, 4) is 0 Å². The molecule has 6 nitrogen and oxygen atoms in total. The van der Waals surface area contributed by atoms with E-state index >= 15 is 0 Å². The fourth-order valence-corrected chi connectivity index (χ4v) is 2.95. The maximum Gasteiger partial charge on any atom is 0.356 e. The zero-order valence-electron chi connectivity index (χ0n) is 12.9. The Morgan fingerprint density at radius 1 is 1.43 bits per heavy atom. The van der Waals surface area contributed by atoms with Gasteiger partial charge >= 0.3 is 5.97 Å². The summed E-state index contributed by atoms with van der Waals surface area (Å²) in [6.45, 7) is 6.66. The van der Waals surface area contributed by atoms with E-state index in [2.05, 4.69) is 28.6 Å². The highest BCUT2D eigenvalue weighted by Crippen LogP contribution is 2.25. The molecular weight excluding hydrogens is 288 g/mol. The van der Waals surface area contributed by atoms with Crippen LogP contribution in [0.15, 0.2) is 11.6 Å². The summed E-state index contributed by atoms with van der Waals surface area (Å²) in [5.41, 5.74) is 0.255. The topological polar surface area (TPSA) is 61.1 Å².